The van der Waals surface area contributed by atoms with E-state index >= 15 is 0 Å². The predicted octanol–water partition coefficient (Wildman–Crippen LogP) is 2.46. The van der Waals surface area contributed by atoms with E-state index in [1.54, 1.807) is 0 Å². The molecule has 0 atom stereocenters. The van der Waals surface area contributed by atoms with E-state index in [1.807, 2.05) is 30.3 Å². The summed E-state index contributed by atoms with van der Waals surface area (Å²) in [5, 5.41) is 8.51. The van der Waals surface area contributed by atoms with Gasteiger partial charge >= 0.3 is 0 Å². The maximum atomic E-state index is 8.51. The number of benzene rings is 1. The maximum Gasteiger partial charge on any atom is 0.119 e. The molecule has 0 aliphatic carbocycles. The second-order valence-corrected chi connectivity index (χ2v) is 3.68. The highest BCUT2D eigenvalue weighted by Crippen LogP contribution is 2.13. The Bertz CT molecular complexity index is 309. The lowest BCUT2D eigenvalue weighted by atomic mass is 10.2. The van der Waals surface area contributed by atoms with Crippen LogP contribution in [0.1, 0.15) is 18.4 Å². The van der Waals surface area contributed by atoms with E-state index in [-0.39, 0.29) is 6.61 Å². The lowest BCUT2D eigenvalue weighted by Gasteiger charge is -2.09. The molecule has 17 heavy (non-hydrogen) atoms. The van der Waals surface area contributed by atoms with E-state index in [1.165, 1.54) is 0 Å². The number of ether oxygens (including phenoxy) is 2. The van der Waals surface area contributed by atoms with Crippen LogP contribution in [0.25, 0.3) is 5.76 Å². The van der Waals surface area contributed by atoms with E-state index < -0.39 is 0 Å². The van der Waals surface area contributed by atoms with Crippen LogP contribution in [0.4, 0.5) is 0 Å². The van der Waals surface area contributed by atoms with Gasteiger partial charge in [-0.3, -0.25) is 0 Å². The molecule has 1 N–H and O–H groups in total. The average Bonchev–Trinajstić information content (AvgIpc) is 2.38. The van der Waals surface area contributed by atoms with E-state index in [9.17, 15) is 0 Å². The van der Waals surface area contributed by atoms with Gasteiger partial charge in [0.15, 0.2) is 0 Å². The molecule has 0 unspecified atom stereocenters. The molecule has 1 aromatic carbocycles. The van der Waals surface area contributed by atoms with Crippen LogP contribution in [0.3, 0.4) is 0 Å². The third-order valence-electron chi connectivity index (χ3n) is 2.29. The second-order valence-electron chi connectivity index (χ2n) is 3.68. The molecule has 0 bridgehead atoms. The molecule has 3 heteroatoms. The molecule has 0 fully saturated rings. The Hall–Kier alpha value is -1.32. The summed E-state index contributed by atoms with van der Waals surface area (Å²) in [4.78, 5) is 0. The quantitative estimate of drug-likeness (QED) is 0.529. The monoisotopic (exact) mass is 236 g/mol. The highest BCUT2D eigenvalue weighted by molar-refractivity contribution is 5.56. The minimum absolute atomic E-state index is 0.0846. The first-order valence-electron chi connectivity index (χ1n) is 5.90. The van der Waals surface area contributed by atoms with E-state index in [0.29, 0.717) is 25.6 Å². The lowest BCUT2D eigenvalue weighted by molar-refractivity contribution is 0.0871. The minimum Gasteiger partial charge on any atom is -0.494 e. The highest BCUT2D eigenvalue weighted by Gasteiger charge is 1.98. The van der Waals surface area contributed by atoms with E-state index in [4.69, 9.17) is 14.6 Å². The minimum atomic E-state index is 0.0846. The van der Waals surface area contributed by atoms with Crippen LogP contribution in [-0.2, 0) is 9.47 Å². The normalized spacial score (nSPS) is 10.2. The molecule has 0 aliphatic heterocycles. The molecule has 0 radical (unpaired) electrons. The number of aliphatic hydroxyl groups excluding tert-OH is 1. The van der Waals surface area contributed by atoms with Crippen LogP contribution in [0.2, 0.25) is 0 Å². The summed E-state index contributed by atoms with van der Waals surface area (Å²) >= 11 is 0. The van der Waals surface area contributed by atoms with Gasteiger partial charge in [0.1, 0.15) is 5.76 Å². The van der Waals surface area contributed by atoms with Crippen molar-refractivity contribution in [2.45, 2.75) is 12.8 Å². The zero-order chi connectivity index (χ0) is 12.3. The van der Waals surface area contributed by atoms with Crippen molar-refractivity contribution in [3.05, 3.63) is 42.5 Å². The summed E-state index contributed by atoms with van der Waals surface area (Å²) in [5.41, 5.74) is 1.02. The third-order valence-corrected chi connectivity index (χ3v) is 2.29. The van der Waals surface area contributed by atoms with Crippen molar-refractivity contribution in [1.82, 2.24) is 0 Å². The lowest BCUT2D eigenvalue weighted by Crippen LogP contribution is -2.02. The fourth-order valence-electron chi connectivity index (χ4n) is 1.38. The Morgan fingerprint density at radius 1 is 1.06 bits per heavy atom. The second kappa shape index (κ2) is 8.79. The Morgan fingerprint density at radius 2 is 1.76 bits per heavy atom. The SMILES string of the molecule is C=C(OCCCCOCCO)c1ccccc1. The van der Waals surface area contributed by atoms with Gasteiger partial charge in [-0.15, -0.1) is 0 Å². The van der Waals surface area contributed by atoms with Gasteiger partial charge < -0.3 is 14.6 Å². The van der Waals surface area contributed by atoms with E-state index in [2.05, 4.69) is 6.58 Å². The molecular formula is C14H20O3. The molecule has 0 aliphatic rings. The van der Waals surface area contributed by atoms with Gasteiger partial charge in [0, 0.05) is 12.2 Å². The highest BCUT2D eigenvalue weighted by atomic mass is 16.5. The summed E-state index contributed by atoms with van der Waals surface area (Å²) in [6.45, 7) is 5.70. The Balaban J connectivity index is 2.05. The van der Waals surface area contributed by atoms with Crippen molar-refractivity contribution < 1.29 is 14.6 Å². The van der Waals surface area contributed by atoms with Crippen LogP contribution in [0.15, 0.2) is 36.9 Å². The average molecular weight is 236 g/mol. The molecule has 0 aromatic heterocycles. The molecule has 3 nitrogen and oxygen atoms in total. The van der Waals surface area contributed by atoms with Gasteiger partial charge in [-0.1, -0.05) is 36.9 Å². The zero-order valence-corrected chi connectivity index (χ0v) is 10.1. The largest absolute Gasteiger partial charge is 0.494 e. The number of aliphatic hydroxyl groups is 1. The zero-order valence-electron chi connectivity index (χ0n) is 10.1. The molecule has 0 amide bonds. The Morgan fingerprint density at radius 3 is 2.47 bits per heavy atom. The smallest absolute Gasteiger partial charge is 0.119 e. The number of rotatable bonds is 9. The predicted molar refractivity (Wildman–Crippen MR) is 68.6 cm³/mol. The maximum absolute atomic E-state index is 8.51. The number of hydrogen-bond donors (Lipinski definition) is 1. The standard InChI is InChI=1S/C14H20O3/c1-13(14-7-3-2-4-8-14)17-11-6-5-10-16-12-9-15/h2-4,7-8,15H,1,5-6,9-12H2. The molecule has 0 saturated heterocycles. The van der Waals surface area contributed by atoms with Crippen LogP contribution in [0, 0.1) is 0 Å². The summed E-state index contributed by atoms with van der Waals surface area (Å²) in [6, 6.07) is 9.86. The van der Waals surface area contributed by atoms with Crippen LogP contribution >= 0.6 is 0 Å². The molecule has 0 heterocycles. The van der Waals surface area contributed by atoms with Crippen LogP contribution in [-0.4, -0.2) is 31.5 Å². The summed E-state index contributed by atoms with van der Waals surface area (Å²) < 4.78 is 10.7. The van der Waals surface area contributed by atoms with Gasteiger partial charge in [-0.2, -0.15) is 0 Å². The number of hydrogen-bond acceptors (Lipinski definition) is 3. The molecule has 1 rings (SSSR count). The van der Waals surface area contributed by atoms with Gasteiger partial charge in [-0.25, -0.2) is 0 Å². The Labute approximate surface area is 103 Å². The molecule has 94 valence electrons. The first-order valence-corrected chi connectivity index (χ1v) is 5.90. The molecule has 0 saturated carbocycles. The van der Waals surface area contributed by atoms with Gasteiger partial charge in [0.2, 0.25) is 0 Å². The van der Waals surface area contributed by atoms with Crippen molar-refractivity contribution in [3.8, 4) is 0 Å². The summed E-state index contributed by atoms with van der Waals surface area (Å²) in [6.07, 6.45) is 1.86. The fourth-order valence-corrected chi connectivity index (χ4v) is 1.38. The number of unbranched alkanes of at least 4 members (excludes halogenated alkanes) is 1. The van der Waals surface area contributed by atoms with Crippen LogP contribution in [0.5, 0.6) is 0 Å². The molecule has 1 aromatic rings. The van der Waals surface area contributed by atoms with Crippen molar-refractivity contribution in [2.75, 3.05) is 26.4 Å². The van der Waals surface area contributed by atoms with Gasteiger partial charge in [0.25, 0.3) is 0 Å². The topological polar surface area (TPSA) is 38.7 Å². The summed E-state index contributed by atoms with van der Waals surface area (Å²) in [7, 11) is 0. The van der Waals surface area contributed by atoms with Gasteiger partial charge in [0.05, 0.1) is 19.8 Å². The summed E-state index contributed by atoms with van der Waals surface area (Å²) in [5.74, 6) is 0.710. The fraction of sp³-hybridized carbons (Fsp3) is 0.429. The first kappa shape index (κ1) is 13.7. The van der Waals surface area contributed by atoms with Crippen LogP contribution < -0.4 is 0 Å². The van der Waals surface area contributed by atoms with Crippen molar-refractivity contribution in [2.24, 2.45) is 0 Å². The third kappa shape index (κ3) is 6.09. The van der Waals surface area contributed by atoms with Crippen molar-refractivity contribution in [3.63, 3.8) is 0 Å². The van der Waals surface area contributed by atoms with Crippen molar-refractivity contribution in [1.29, 1.82) is 0 Å². The van der Waals surface area contributed by atoms with Gasteiger partial charge in [-0.05, 0) is 12.8 Å². The first-order chi connectivity index (χ1) is 8.34. The van der Waals surface area contributed by atoms with E-state index in [0.717, 1.165) is 18.4 Å². The molecular weight excluding hydrogens is 216 g/mol. The Kier molecular flexibility index (Phi) is 7.11. The van der Waals surface area contributed by atoms with Crippen molar-refractivity contribution >= 4 is 5.76 Å². The molecule has 0 spiro atoms.